The largest absolute Gasteiger partial charge is 0.497 e. The highest BCUT2D eigenvalue weighted by Crippen LogP contribution is 2.13. The molecule has 3 heteroatoms. The molecule has 0 aliphatic heterocycles. The molecule has 108 valence electrons. The van der Waals surface area contributed by atoms with Crippen LogP contribution in [0, 0.1) is 0 Å². The van der Waals surface area contributed by atoms with Crippen molar-refractivity contribution in [1.29, 1.82) is 0 Å². The molecule has 1 rings (SSSR count). The zero-order chi connectivity index (χ0) is 13.9. The van der Waals surface area contributed by atoms with E-state index in [4.69, 9.17) is 10.5 Å². The summed E-state index contributed by atoms with van der Waals surface area (Å²) in [6, 6.07) is 8.32. The Bertz CT molecular complexity index is 324. The molecule has 2 N–H and O–H groups in total. The number of ether oxygens (including phenoxy) is 1. The molecule has 0 saturated heterocycles. The van der Waals surface area contributed by atoms with Crippen LogP contribution in [0.25, 0.3) is 0 Å². The normalized spacial score (nSPS) is 10.9. The Morgan fingerprint density at radius 2 is 1.63 bits per heavy atom. The first-order valence-corrected chi connectivity index (χ1v) is 7.28. The molecule has 3 nitrogen and oxygen atoms in total. The van der Waals surface area contributed by atoms with Crippen LogP contribution in [-0.2, 0) is 6.54 Å². The molecule has 0 amide bonds. The summed E-state index contributed by atoms with van der Waals surface area (Å²) in [5.74, 6) is 0.923. The van der Waals surface area contributed by atoms with E-state index < -0.39 is 0 Å². The van der Waals surface area contributed by atoms with Crippen LogP contribution in [-0.4, -0.2) is 32.1 Å². The van der Waals surface area contributed by atoms with Crippen molar-refractivity contribution in [2.45, 2.75) is 38.6 Å². The molecular weight excluding hydrogens is 236 g/mol. The molecule has 0 atom stereocenters. The number of nitrogens with zero attached hydrogens (tertiary/aromatic N) is 1. The van der Waals surface area contributed by atoms with Crippen LogP contribution in [0.1, 0.15) is 37.7 Å². The highest BCUT2D eigenvalue weighted by Gasteiger charge is 2.00. The topological polar surface area (TPSA) is 38.5 Å². The second kappa shape index (κ2) is 9.82. The summed E-state index contributed by atoms with van der Waals surface area (Å²) in [6.45, 7) is 3.00. The van der Waals surface area contributed by atoms with Crippen molar-refractivity contribution in [3.63, 3.8) is 0 Å². The van der Waals surface area contributed by atoms with E-state index >= 15 is 0 Å². The van der Waals surface area contributed by atoms with Gasteiger partial charge in [-0.15, -0.1) is 0 Å². The van der Waals surface area contributed by atoms with E-state index in [2.05, 4.69) is 24.1 Å². The molecule has 0 radical (unpaired) electrons. The number of rotatable bonds is 10. The minimum Gasteiger partial charge on any atom is -0.497 e. The zero-order valence-corrected chi connectivity index (χ0v) is 12.4. The number of methoxy groups -OCH3 is 1. The fourth-order valence-corrected chi connectivity index (χ4v) is 2.18. The lowest BCUT2D eigenvalue weighted by Gasteiger charge is -2.16. The molecule has 0 unspecified atom stereocenters. The van der Waals surface area contributed by atoms with Crippen molar-refractivity contribution in [3.05, 3.63) is 29.8 Å². The molecule has 0 aromatic heterocycles. The Labute approximate surface area is 117 Å². The first-order valence-electron chi connectivity index (χ1n) is 7.28. The number of nitrogens with two attached hydrogens (primary N) is 1. The van der Waals surface area contributed by atoms with E-state index in [0.29, 0.717) is 0 Å². The van der Waals surface area contributed by atoms with E-state index in [0.717, 1.165) is 25.4 Å². The first kappa shape index (κ1) is 16.0. The van der Waals surface area contributed by atoms with Gasteiger partial charge < -0.3 is 15.4 Å². The molecular formula is C16H28N2O. The van der Waals surface area contributed by atoms with Gasteiger partial charge in [-0.1, -0.05) is 31.4 Å². The fraction of sp³-hybridized carbons (Fsp3) is 0.625. The van der Waals surface area contributed by atoms with Gasteiger partial charge in [-0.3, -0.25) is 0 Å². The maximum atomic E-state index is 5.48. The lowest BCUT2D eigenvalue weighted by atomic mass is 10.1. The van der Waals surface area contributed by atoms with Gasteiger partial charge in [0.05, 0.1) is 7.11 Å². The van der Waals surface area contributed by atoms with Crippen molar-refractivity contribution < 1.29 is 4.74 Å². The van der Waals surface area contributed by atoms with Crippen molar-refractivity contribution in [2.75, 3.05) is 27.2 Å². The average molecular weight is 264 g/mol. The third-order valence-electron chi connectivity index (χ3n) is 3.36. The molecule has 0 spiro atoms. The van der Waals surface area contributed by atoms with Gasteiger partial charge in [0.15, 0.2) is 0 Å². The Morgan fingerprint density at radius 1 is 1.00 bits per heavy atom. The molecule has 0 aliphatic rings. The van der Waals surface area contributed by atoms with E-state index in [-0.39, 0.29) is 0 Å². The standard InChI is InChI=1S/C16H28N2O/c1-18(13-7-5-3-4-6-12-17)14-15-8-10-16(19-2)11-9-15/h8-11H,3-7,12-14,17H2,1-2H3. The lowest BCUT2D eigenvalue weighted by molar-refractivity contribution is 0.316. The summed E-state index contributed by atoms with van der Waals surface area (Å²) >= 11 is 0. The van der Waals surface area contributed by atoms with Gasteiger partial charge >= 0.3 is 0 Å². The summed E-state index contributed by atoms with van der Waals surface area (Å²) in [6.07, 6.45) is 6.35. The molecule has 19 heavy (non-hydrogen) atoms. The second-order valence-electron chi connectivity index (χ2n) is 5.14. The van der Waals surface area contributed by atoms with Gasteiger partial charge in [0.2, 0.25) is 0 Å². The van der Waals surface area contributed by atoms with Crippen LogP contribution in [0.4, 0.5) is 0 Å². The third-order valence-corrected chi connectivity index (χ3v) is 3.36. The highest BCUT2D eigenvalue weighted by molar-refractivity contribution is 5.26. The number of hydrogen-bond donors (Lipinski definition) is 1. The summed E-state index contributed by atoms with van der Waals surface area (Å²) in [5.41, 5.74) is 6.82. The Kier molecular flexibility index (Phi) is 8.26. The molecule has 0 saturated carbocycles. The zero-order valence-electron chi connectivity index (χ0n) is 12.4. The van der Waals surface area contributed by atoms with Crippen molar-refractivity contribution >= 4 is 0 Å². The number of benzene rings is 1. The maximum absolute atomic E-state index is 5.48. The van der Waals surface area contributed by atoms with Crippen molar-refractivity contribution in [3.8, 4) is 5.75 Å². The van der Waals surface area contributed by atoms with Crippen LogP contribution in [0.2, 0.25) is 0 Å². The summed E-state index contributed by atoms with van der Waals surface area (Å²) in [7, 11) is 3.88. The Balaban J connectivity index is 2.14. The van der Waals surface area contributed by atoms with E-state index in [1.165, 1.54) is 37.7 Å². The van der Waals surface area contributed by atoms with Gasteiger partial charge in [0.1, 0.15) is 5.75 Å². The third kappa shape index (κ3) is 7.19. The minimum atomic E-state index is 0.831. The van der Waals surface area contributed by atoms with Crippen molar-refractivity contribution in [1.82, 2.24) is 4.90 Å². The monoisotopic (exact) mass is 264 g/mol. The summed E-state index contributed by atoms with van der Waals surface area (Å²) < 4.78 is 5.16. The van der Waals surface area contributed by atoms with Crippen LogP contribution in [0.5, 0.6) is 5.75 Å². The van der Waals surface area contributed by atoms with E-state index in [1.54, 1.807) is 7.11 Å². The quantitative estimate of drug-likeness (QED) is 0.660. The first-order chi connectivity index (χ1) is 9.26. The molecule has 0 heterocycles. The van der Waals surface area contributed by atoms with Crippen molar-refractivity contribution in [2.24, 2.45) is 5.73 Å². The molecule has 1 aromatic carbocycles. The minimum absolute atomic E-state index is 0.831. The Hall–Kier alpha value is -1.06. The van der Waals surface area contributed by atoms with Crippen LogP contribution in [0.3, 0.4) is 0 Å². The van der Waals surface area contributed by atoms with E-state index in [1.807, 2.05) is 12.1 Å². The SMILES string of the molecule is COc1ccc(CN(C)CCCCCCCN)cc1. The molecule has 0 fully saturated rings. The maximum Gasteiger partial charge on any atom is 0.118 e. The molecule has 0 bridgehead atoms. The number of hydrogen-bond acceptors (Lipinski definition) is 3. The number of unbranched alkanes of at least 4 members (excludes halogenated alkanes) is 4. The highest BCUT2D eigenvalue weighted by atomic mass is 16.5. The van der Waals surface area contributed by atoms with Gasteiger partial charge in [0.25, 0.3) is 0 Å². The van der Waals surface area contributed by atoms with Crippen LogP contribution in [0.15, 0.2) is 24.3 Å². The molecule has 0 aliphatic carbocycles. The summed E-state index contributed by atoms with van der Waals surface area (Å²) in [4.78, 5) is 2.38. The van der Waals surface area contributed by atoms with Gasteiger partial charge in [-0.05, 0) is 50.7 Å². The fourth-order valence-electron chi connectivity index (χ4n) is 2.18. The molecule has 1 aromatic rings. The Morgan fingerprint density at radius 3 is 2.26 bits per heavy atom. The van der Waals surface area contributed by atoms with Crippen LogP contribution < -0.4 is 10.5 Å². The van der Waals surface area contributed by atoms with E-state index in [9.17, 15) is 0 Å². The predicted molar refractivity (Wildman–Crippen MR) is 81.5 cm³/mol. The lowest BCUT2D eigenvalue weighted by Crippen LogP contribution is -2.19. The summed E-state index contributed by atoms with van der Waals surface area (Å²) in [5, 5.41) is 0. The smallest absolute Gasteiger partial charge is 0.118 e. The van der Waals surface area contributed by atoms with Gasteiger partial charge in [-0.2, -0.15) is 0 Å². The second-order valence-corrected chi connectivity index (χ2v) is 5.14. The van der Waals surface area contributed by atoms with Gasteiger partial charge in [-0.25, -0.2) is 0 Å². The van der Waals surface area contributed by atoms with Crippen LogP contribution >= 0.6 is 0 Å². The average Bonchev–Trinajstić information content (AvgIpc) is 2.43. The predicted octanol–water partition coefficient (Wildman–Crippen LogP) is 3.04. The van der Waals surface area contributed by atoms with Gasteiger partial charge in [0, 0.05) is 6.54 Å².